The molecule has 0 heterocycles. The van der Waals surface area contributed by atoms with Gasteiger partial charge in [-0.05, 0) is 17.5 Å². The lowest BCUT2D eigenvalue weighted by molar-refractivity contribution is 0.170. The number of ether oxygens (including phenoxy) is 1. The molecule has 0 saturated heterocycles. The normalized spacial score (nSPS) is 11.3. The summed E-state index contributed by atoms with van der Waals surface area (Å²) in [6.45, 7) is 4.68. The number of benzene rings is 1. The minimum atomic E-state index is -0.292. The van der Waals surface area contributed by atoms with E-state index in [1.807, 2.05) is 12.1 Å². The largest absolute Gasteiger partial charge is 0.496 e. The summed E-state index contributed by atoms with van der Waals surface area (Å²) in [5.41, 5.74) is 2.25. The third-order valence-electron chi connectivity index (χ3n) is 3.00. The Hall–Kier alpha value is -1.10. The van der Waals surface area contributed by atoms with E-state index in [4.69, 9.17) is 14.9 Å². The van der Waals surface area contributed by atoms with Crippen molar-refractivity contribution in [1.29, 1.82) is 0 Å². The summed E-state index contributed by atoms with van der Waals surface area (Å²) in [7, 11) is 1.65. The third-order valence-corrected chi connectivity index (χ3v) is 3.00. The van der Waals surface area contributed by atoms with Gasteiger partial charge in [0.2, 0.25) is 0 Å². The van der Waals surface area contributed by atoms with Crippen LogP contribution in [-0.4, -0.2) is 36.6 Å². The van der Waals surface area contributed by atoms with E-state index >= 15 is 0 Å². The van der Waals surface area contributed by atoms with E-state index in [2.05, 4.69) is 25.2 Å². The number of methoxy groups -OCH3 is 1. The van der Waals surface area contributed by atoms with Crippen molar-refractivity contribution in [2.24, 2.45) is 0 Å². The first-order valence-corrected chi connectivity index (χ1v) is 6.24. The summed E-state index contributed by atoms with van der Waals surface area (Å²) in [4.78, 5) is 0. The molecule has 0 bridgehead atoms. The van der Waals surface area contributed by atoms with Crippen molar-refractivity contribution >= 4 is 0 Å². The van der Waals surface area contributed by atoms with E-state index in [9.17, 15) is 0 Å². The van der Waals surface area contributed by atoms with Crippen LogP contribution in [0.3, 0.4) is 0 Å². The van der Waals surface area contributed by atoms with Gasteiger partial charge in [0.1, 0.15) is 5.75 Å². The molecule has 1 aromatic carbocycles. The highest BCUT2D eigenvalue weighted by atomic mass is 16.5. The van der Waals surface area contributed by atoms with Crippen molar-refractivity contribution in [3.63, 3.8) is 0 Å². The minimum absolute atomic E-state index is 0.0805. The predicted octanol–water partition coefficient (Wildman–Crippen LogP) is 1.26. The Morgan fingerprint density at radius 3 is 2.39 bits per heavy atom. The van der Waals surface area contributed by atoms with Crippen LogP contribution in [0.5, 0.6) is 5.75 Å². The van der Waals surface area contributed by atoms with Crippen LogP contribution in [0.15, 0.2) is 18.2 Å². The van der Waals surface area contributed by atoms with E-state index in [0.717, 1.165) is 11.3 Å². The van der Waals surface area contributed by atoms with E-state index < -0.39 is 0 Å². The van der Waals surface area contributed by atoms with E-state index in [0.29, 0.717) is 12.5 Å². The van der Waals surface area contributed by atoms with Crippen molar-refractivity contribution in [2.45, 2.75) is 32.4 Å². The smallest absolute Gasteiger partial charge is 0.123 e. The molecular formula is C14H23NO3. The molecule has 1 aromatic rings. The Labute approximate surface area is 109 Å². The maximum atomic E-state index is 8.99. The third kappa shape index (κ3) is 3.98. The van der Waals surface area contributed by atoms with Gasteiger partial charge in [-0.2, -0.15) is 0 Å². The highest BCUT2D eigenvalue weighted by Gasteiger charge is 2.09. The first-order chi connectivity index (χ1) is 8.62. The molecule has 0 radical (unpaired) electrons. The average Bonchev–Trinajstić information content (AvgIpc) is 2.39. The fourth-order valence-electron chi connectivity index (χ4n) is 1.71. The van der Waals surface area contributed by atoms with Gasteiger partial charge in [-0.15, -0.1) is 0 Å². The Bertz CT molecular complexity index is 362. The lowest BCUT2D eigenvalue weighted by atomic mass is 10.0. The molecule has 102 valence electrons. The molecule has 0 saturated carbocycles. The van der Waals surface area contributed by atoms with Crippen molar-refractivity contribution in [3.05, 3.63) is 29.3 Å². The van der Waals surface area contributed by atoms with Gasteiger partial charge in [-0.3, -0.25) is 0 Å². The summed E-state index contributed by atoms with van der Waals surface area (Å²) >= 11 is 0. The Balaban J connectivity index is 2.76. The number of hydrogen-bond acceptors (Lipinski definition) is 4. The van der Waals surface area contributed by atoms with Gasteiger partial charge in [-0.1, -0.05) is 26.0 Å². The van der Waals surface area contributed by atoms with Crippen LogP contribution < -0.4 is 10.1 Å². The molecule has 0 aromatic heterocycles. The molecule has 4 nitrogen and oxygen atoms in total. The number of rotatable bonds is 7. The van der Waals surface area contributed by atoms with E-state index in [1.165, 1.54) is 5.56 Å². The van der Waals surface area contributed by atoms with Crippen LogP contribution in [0.25, 0.3) is 0 Å². The molecule has 3 N–H and O–H groups in total. The molecule has 0 spiro atoms. The van der Waals surface area contributed by atoms with Crippen LogP contribution in [0.2, 0.25) is 0 Å². The lowest BCUT2D eigenvalue weighted by Crippen LogP contribution is -2.35. The van der Waals surface area contributed by atoms with Gasteiger partial charge in [0, 0.05) is 12.1 Å². The Morgan fingerprint density at radius 2 is 1.89 bits per heavy atom. The number of aliphatic hydroxyl groups excluding tert-OH is 2. The topological polar surface area (TPSA) is 61.7 Å². The van der Waals surface area contributed by atoms with Crippen molar-refractivity contribution < 1.29 is 14.9 Å². The number of hydrogen-bond donors (Lipinski definition) is 3. The second-order valence-corrected chi connectivity index (χ2v) is 4.67. The van der Waals surface area contributed by atoms with Gasteiger partial charge in [0.25, 0.3) is 0 Å². The van der Waals surface area contributed by atoms with Crippen LogP contribution in [0.1, 0.15) is 30.9 Å². The van der Waals surface area contributed by atoms with Gasteiger partial charge >= 0.3 is 0 Å². The average molecular weight is 253 g/mol. The van der Waals surface area contributed by atoms with Crippen LogP contribution in [0.4, 0.5) is 0 Å². The maximum absolute atomic E-state index is 8.99. The number of nitrogens with one attached hydrogen (secondary N) is 1. The monoisotopic (exact) mass is 253 g/mol. The molecule has 4 heteroatoms. The lowest BCUT2D eigenvalue weighted by Gasteiger charge is -2.16. The zero-order valence-electron chi connectivity index (χ0n) is 11.3. The van der Waals surface area contributed by atoms with Gasteiger partial charge in [0.05, 0.1) is 26.4 Å². The SMILES string of the molecule is COc1cc(C(C)C)ccc1CNC(CO)CO. The molecular weight excluding hydrogens is 230 g/mol. The second-order valence-electron chi connectivity index (χ2n) is 4.67. The zero-order valence-corrected chi connectivity index (χ0v) is 11.3. The maximum Gasteiger partial charge on any atom is 0.123 e. The fraction of sp³-hybridized carbons (Fsp3) is 0.571. The first kappa shape index (κ1) is 15.0. The van der Waals surface area contributed by atoms with Gasteiger partial charge in [0.15, 0.2) is 0 Å². The summed E-state index contributed by atoms with van der Waals surface area (Å²) in [6.07, 6.45) is 0. The molecule has 0 aliphatic carbocycles. The van der Waals surface area contributed by atoms with Crippen LogP contribution in [0, 0.1) is 0 Å². The molecule has 0 fully saturated rings. The summed E-state index contributed by atoms with van der Waals surface area (Å²) in [6, 6.07) is 5.85. The van der Waals surface area contributed by atoms with Crippen molar-refractivity contribution in [1.82, 2.24) is 5.32 Å². The Kier molecular flexibility index (Phi) is 6.12. The second kappa shape index (κ2) is 7.36. The summed E-state index contributed by atoms with van der Waals surface area (Å²) in [5.74, 6) is 1.30. The molecule has 0 atom stereocenters. The molecule has 0 unspecified atom stereocenters. The summed E-state index contributed by atoms with van der Waals surface area (Å²) in [5, 5.41) is 21.1. The first-order valence-electron chi connectivity index (χ1n) is 6.24. The standard InChI is InChI=1S/C14H23NO3/c1-10(2)11-4-5-12(14(6-11)18-3)7-15-13(8-16)9-17/h4-6,10,13,15-17H,7-9H2,1-3H3. The van der Waals surface area contributed by atoms with Crippen molar-refractivity contribution in [3.8, 4) is 5.75 Å². The van der Waals surface area contributed by atoms with Crippen LogP contribution >= 0.6 is 0 Å². The van der Waals surface area contributed by atoms with E-state index in [-0.39, 0.29) is 19.3 Å². The predicted molar refractivity (Wildman–Crippen MR) is 71.9 cm³/mol. The highest BCUT2D eigenvalue weighted by molar-refractivity contribution is 5.38. The molecule has 1 rings (SSSR count). The van der Waals surface area contributed by atoms with Crippen LogP contribution in [-0.2, 0) is 6.54 Å². The molecule has 18 heavy (non-hydrogen) atoms. The zero-order chi connectivity index (χ0) is 13.5. The fourth-order valence-corrected chi connectivity index (χ4v) is 1.71. The van der Waals surface area contributed by atoms with Gasteiger partial charge < -0.3 is 20.3 Å². The van der Waals surface area contributed by atoms with E-state index in [1.54, 1.807) is 7.11 Å². The highest BCUT2D eigenvalue weighted by Crippen LogP contribution is 2.24. The van der Waals surface area contributed by atoms with Crippen molar-refractivity contribution in [2.75, 3.05) is 20.3 Å². The molecule has 0 amide bonds. The Morgan fingerprint density at radius 1 is 1.22 bits per heavy atom. The molecule has 0 aliphatic rings. The number of aliphatic hydroxyl groups is 2. The minimum Gasteiger partial charge on any atom is -0.496 e. The summed E-state index contributed by atoms with van der Waals surface area (Å²) < 4.78 is 5.37. The van der Waals surface area contributed by atoms with Gasteiger partial charge in [-0.25, -0.2) is 0 Å². The molecule has 0 aliphatic heterocycles. The quantitative estimate of drug-likeness (QED) is 0.684.